The van der Waals surface area contributed by atoms with Gasteiger partial charge in [0, 0.05) is 26.2 Å². The molecule has 0 saturated carbocycles. The summed E-state index contributed by atoms with van der Waals surface area (Å²) in [6, 6.07) is 4.33. The van der Waals surface area contributed by atoms with E-state index in [2.05, 4.69) is 62.5 Å². The normalized spacial score (nSPS) is 20.2. The van der Waals surface area contributed by atoms with Crippen LogP contribution in [0.15, 0.2) is 17.7 Å². The molecule has 0 aromatic heterocycles. The smallest absolute Gasteiger partial charge is 0.314 e. The van der Waals surface area contributed by atoms with Gasteiger partial charge in [-0.1, -0.05) is 59.3 Å². The van der Waals surface area contributed by atoms with E-state index in [0.717, 1.165) is 70.1 Å². The number of terminal acetylenes is 1. The molecule has 3 aliphatic rings. The van der Waals surface area contributed by atoms with E-state index in [0.29, 0.717) is 24.1 Å². The maximum atomic E-state index is 13.6. The number of nitrogens with zero attached hydrogens (tertiary/aromatic N) is 2. The number of hydrogen-bond donors (Lipinski definition) is 0. The number of unbranched alkanes of at least 4 members (excludes halogenated alkanes) is 2. The van der Waals surface area contributed by atoms with Crippen molar-refractivity contribution in [3.8, 4) is 23.8 Å². The molecule has 0 spiro atoms. The Morgan fingerprint density at radius 3 is 2.47 bits per heavy atom. The van der Waals surface area contributed by atoms with Gasteiger partial charge in [-0.25, -0.2) is 0 Å². The summed E-state index contributed by atoms with van der Waals surface area (Å²) in [5, 5.41) is 0. The maximum Gasteiger partial charge on any atom is 0.314 e. The molecular formula is C35H54Cl2N2O4. The molecule has 3 aliphatic heterocycles. The van der Waals surface area contributed by atoms with Gasteiger partial charge in [-0.15, -0.1) is 31.2 Å². The van der Waals surface area contributed by atoms with Crippen LogP contribution >= 0.6 is 24.8 Å². The summed E-state index contributed by atoms with van der Waals surface area (Å²) in [4.78, 5) is 18.2. The predicted molar refractivity (Wildman–Crippen MR) is 181 cm³/mol. The molecule has 4 rings (SSSR count). The van der Waals surface area contributed by atoms with Crippen LogP contribution in [0.1, 0.15) is 97.1 Å². The largest absolute Gasteiger partial charge is 0.483 e. The maximum absolute atomic E-state index is 13.6. The van der Waals surface area contributed by atoms with Gasteiger partial charge >= 0.3 is 5.97 Å². The fraction of sp³-hybridized carbons (Fsp3) is 0.686. The lowest BCUT2D eigenvalue weighted by Gasteiger charge is -2.42. The van der Waals surface area contributed by atoms with Crippen molar-refractivity contribution in [2.75, 3.05) is 52.5 Å². The molecule has 0 bridgehead atoms. The van der Waals surface area contributed by atoms with E-state index >= 15 is 0 Å². The molecule has 0 N–H and O–H groups in total. The van der Waals surface area contributed by atoms with E-state index in [1.54, 1.807) is 0 Å². The van der Waals surface area contributed by atoms with E-state index in [9.17, 15) is 4.79 Å². The van der Waals surface area contributed by atoms with Crippen molar-refractivity contribution in [2.24, 2.45) is 11.8 Å². The summed E-state index contributed by atoms with van der Waals surface area (Å²) < 4.78 is 18.6. The quantitative estimate of drug-likeness (QED) is 0.103. The highest BCUT2D eigenvalue weighted by atomic mass is 35.5. The zero-order valence-electron chi connectivity index (χ0n) is 27.2. The Bertz CT molecular complexity index is 1140. The summed E-state index contributed by atoms with van der Waals surface area (Å²) >= 11 is 0. The topological polar surface area (TPSA) is 51.2 Å². The number of benzene rings is 1. The minimum absolute atomic E-state index is 0. The Kier molecular flexibility index (Phi) is 14.9. The predicted octanol–water partition coefficient (Wildman–Crippen LogP) is 7.38. The van der Waals surface area contributed by atoms with Crippen LogP contribution in [0, 0.1) is 24.2 Å². The molecule has 1 saturated heterocycles. The van der Waals surface area contributed by atoms with Crippen LogP contribution < -0.4 is 9.47 Å². The number of carbonyl (C=O) groups excluding carboxylic acids is 1. The second kappa shape index (κ2) is 17.1. The van der Waals surface area contributed by atoms with E-state index in [-0.39, 0.29) is 36.7 Å². The van der Waals surface area contributed by atoms with Crippen LogP contribution in [0.2, 0.25) is 0 Å². The van der Waals surface area contributed by atoms with E-state index in [1.807, 2.05) is 6.92 Å². The van der Waals surface area contributed by atoms with Crippen molar-refractivity contribution in [2.45, 2.75) is 91.6 Å². The van der Waals surface area contributed by atoms with Crippen LogP contribution in [0.3, 0.4) is 0 Å². The highest BCUT2D eigenvalue weighted by Gasteiger charge is 2.40. The molecule has 1 aromatic carbocycles. The van der Waals surface area contributed by atoms with Crippen molar-refractivity contribution in [1.82, 2.24) is 9.80 Å². The lowest BCUT2D eigenvalue weighted by atomic mass is 9.79. The number of fused-ring (bicyclic) bond motifs is 2. The zero-order valence-corrected chi connectivity index (χ0v) is 28.8. The fourth-order valence-corrected chi connectivity index (χ4v) is 6.47. The van der Waals surface area contributed by atoms with Gasteiger partial charge in [0.15, 0.2) is 0 Å². The van der Waals surface area contributed by atoms with Gasteiger partial charge in [-0.3, -0.25) is 14.6 Å². The first-order valence-corrected chi connectivity index (χ1v) is 15.9. The zero-order chi connectivity index (χ0) is 29.6. The Balaban J connectivity index is 0.00000323. The monoisotopic (exact) mass is 636 g/mol. The van der Waals surface area contributed by atoms with Gasteiger partial charge in [-0.2, -0.15) is 0 Å². The molecule has 6 nitrogen and oxygen atoms in total. The first-order valence-electron chi connectivity index (χ1n) is 15.9. The van der Waals surface area contributed by atoms with Crippen molar-refractivity contribution >= 4 is 36.4 Å². The Morgan fingerprint density at radius 2 is 1.79 bits per heavy atom. The third-order valence-corrected chi connectivity index (χ3v) is 9.46. The van der Waals surface area contributed by atoms with E-state index in [4.69, 9.17) is 20.6 Å². The number of halogens is 2. The van der Waals surface area contributed by atoms with Crippen LogP contribution in [0.25, 0.3) is 5.57 Å². The second-order valence-electron chi connectivity index (χ2n) is 13.0. The second-order valence-corrected chi connectivity index (χ2v) is 13.0. The Labute approximate surface area is 273 Å². The van der Waals surface area contributed by atoms with Crippen molar-refractivity contribution < 1.29 is 19.0 Å². The van der Waals surface area contributed by atoms with Crippen molar-refractivity contribution in [1.29, 1.82) is 0 Å². The molecule has 1 aromatic rings. The third kappa shape index (κ3) is 9.38. The van der Waals surface area contributed by atoms with Crippen LogP contribution in [-0.4, -0.2) is 73.9 Å². The summed E-state index contributed by atoms with van der Waals surface area (Å²) in [5.41, 5.74) is 4.17. The van der Waals surface area contributed by atoms with Gasteiger partial charge < -0.3 is 14.2 Å². The van der Waals surface area contributed by atoms with Crippen LogP contribution in [0.5, 0.6) is 11.5 Å². The van der Waals surface area contributed by atoms with Gasteiger partial charge in [-0.05, 0) is 73.9 Å². The van der Waals surface area contributed by atoms with Crippen LogP contribution in [-0.2, 0) is 9.53 Å². The molecule has 3 unspecified atom stereocenters. The molecule has 0 aliphatic carbocycles. The molecule has 242 valence electrons. The highest BCUT2D eigenvalue weighted by molar-refractivity contribution is 5.86. The van der Waals surface area contributed by atoms with E-state index < -0.39 is 5.60 Å². The fourth-order valence-electron chi connectivity index (χ4n) is 6.47. The number of carbonyl (C=O) groups is 1. The summed E-state index contributed by atoms with van der Waals surface area (Å²) in [6.45, 7) is 19.7. The minimum Gasteiger partial charge on any atom is -0.483 e. The lowest BCUT2D eigenvalue weighted by Crippen LogP contribution is -2.42. The van der Waals surface area contributed by atoms with Crippen molar-refractivity contribution in [3.63, 3.8) is 0 Å². The standard InChI is InChI=1S/C35H52N2O4.2ClH/c1-8-10-11-12-25(3)27(5)28-22-31(40-34(38)26(4)13-16-36-18-20-39-21-19-36)33-29-24-37(15-9-2)17-14-30(29)35(6,7)41-32(33)23-28;;/h2,22-23,25-27H,8,10-21,24H2,1,3-7H3;2*1H. The molecular weight excluding hydrogens is 583 g/mol. The van der Waals surface area contributed by atoms with Crippen molar-refractivity contribution in [3.05, 3.63) is 28.8 Å². The van der Waals surface area contributed by atoms with Gasteiger partial charge in [0.05, 0.1) is 31.2 Å². The molecule has 0 amide bonds. The average molecular weight is 638 g/mol. The molecule has 0 radical (unpaired) electrons. The van der Waals surface area contributed by atoms with Gasteiger partial charge in [0.25, 0.3) is 0 Å². The lowest BCUT2D eigenvalue weighted by molar-refractivity contribution is -0.138. The molecule has 8 heteroatoms. The molecule has 3 atom stereocenters. The number of ether oxygens (including phenoxy) is 3. The number of hydrogen-bond acceptors (Lipinski definition) is 6. The Morgan fingerprint density at radius 1 is 1.07 bits per heavy atom. The number of esters is 1. The van der Waals surface area contributed by atoms with E-state index in [1.165, 1.54) is 42.4 Å². The molecule has 1 fully saturated rings. The number of morpholine rings is 1. The minimum atomic E-state index is -0.425. The SMILES string of the molecule is C#CCN1CCC2=C(C1)c1c(OC(=O)C(C)CCN3CCOCC3)cc(C(C)C(C)CCCCC)cc1OC2(C)C.Cl.Cl. The first kappa shape index (κ1) is 37.4. The highest BCUT2D eigenvalue weighted by Crippen LogP contribution is 2.50. The summed E-state index contributed by atoms with van der Waals surface area (Å²) in [7, 11) is 0. The number of rotatable bonds is 12. The first-order chi connectivity index (χ1) is 19.6. The third-order valence-electron chi connectivity index (χ3n) is 9.46. The van der Waals surface area contributed by atoms with Gasteiger partial charge in [0.1, 0.15) is 17.1 Å². The summed E-state index contributed by atoms with van der Waals surface area (Å²) in [6.07, 6.45) is 12.3. The Hall–Kier alpha value is -1.75. The molecule has 3 heterocycles. The average Bonchev–Trinajstić information content (AvgIpc) is 2.95. The van der Waals surface area contributed by atoms with Gasteiger partial charge in [0.2, 0.25) is 0 Å². The summed E-state index contributed by atoms with van der Waals surface area (Å²) in [5.74, 6) is 4.73. The molecule has 43 heavy (non-hydrogen) atoms. The van der Waals surface area contributed by atoms with Crippen LogP contribution in [0.4, 0.5) is 0 Å².